The van der Waals surface area contributed by atoms with Crippen LogP contribution in [-0.2, 0) is 19.1 Å². The largest absolute Gasteiger partial charge is 0.481 e. The van der Waals surface area contributed by atoms with Gasteiger partial charge in [-0.1, -0.05) is 0 Å². The van der Waals surface area contributed by atoms with E-state index in [1.807, 2.05) is 0 Å². The molecule has 12 heteroatoms. The van der Waals surface area contributed by atoms with E-state index in [4.69, 9.17) is 14.6 Å². The number of imidazole rings is 1. The summed E-state index contributed by atoms with van der Waals surface area (Å²) in [5.74, 6) is -0.809. The van der Waals surface area contributed by atoms with Crippen LogP contribution >= 0.6 is 0 Å². The molecule has 0 bridgehead atoms. The average Bonchev–Trinajstić information content (AvgIpc) is 3.30. The molecule has 1 aliphatic rings. The number of carbonyl (C=O) groups excluding carboxylic acids is 1. The van der Waals surface area contributed by atoms with Gasteiger partial charge >= 0.3 is 5.97 Å². The molecule has 4 rings (SSSR count). The van der Waals surface area contributed by atoms with Crippen LogP contribution < -0.4 is 5.32 Å². The number of aromatic nitrogens is 4. The summed E-state index contributed by atoms with van der Waals surface area (Å²) in [6, 6.07) is 7.53. The first kappa shape index (κ1) is 25.2. The molecule has 0 saturated carbocycles. The minimum absolute atomic E-state index is 0.0891. The smallest absolute Gasteiger partial charge is 0.305 e. The molecule has 0 atom stereocenters. The van der Waals surface area contributed by atoms with Crippen molar-refractivity contribution in [3.63, 3.8) is 0 Å². The normalized spacial score (nSPS) is 19.6. The molecule has 3 heterocycles. The van der Waals surface area contributed by atoms with Gasteiger partial charge in [-0.2, -0.15) is 0 Å². The van der Waals surface area contributed by atoms with Gasteiger partial charge in [-0.15, -0.1) is 0 Å². The lowest BCUT2D eigenvalue weighted by molar-refractivity contribution is -0.233. The third kappa shape index (κ3) is 5.50. The van der Waals surface area contributed by atoms with Gasteiger partial charge in [0.1, 0.15) is 5.82 Å². The van der Waals surface area contributed by atoms with Crippen molar-refractivity contribution in [3.05, 3.63) is 48.2 Å². The number of nitrogens with one attached hydrogen (secondary N) is 2. The maximum atomic E-state index is 13.6. The lowest BCUT2D eigenvalue weighted by atomic mass is 9.90. The van der Waals surface area contributed by atoms with E-state index in [2.05, 4.69) is 25.3 Å². The van der Waals surface area contributed by atoms with Crippen molar-refractivity contribution < 1.29 is 28.6 Å². The molecule has 190 valence electrons. The van der Waals surface area contributed by atoms with E-state index in [0.717, 1.165) is 0 Å². The van der Waals surface area contributed by atoms with E-state index < -0.39 is 17.7 Å². The Kier molecular flexibility index (Phi) is 7.27. The second-order valence-electron chi connectivity index (χ2n) is 8.90. The average molecular weight is 499 g/mol. The summed E-state index contributed by atoms with van der Waals surface area (Å²) in [7, 11) is 3.36. The van der Waals surface area contributed by atoms with Crippen LogP contribution in [-0.4, -0.2) is 75.7 Å². The van der Waals surface area contributed by atoms with Gasteiger partial charge in [0.2, 0.25) is 18.1 Å². The first-order valence-electron chi connectivity index (χ1n) is 11.3. The van der Waals surface area contributed by atoms with Gasteiger partial charge in [0, 0.05) is 32.4 Å². The minimum Gasteiger partial charge on any atom is -0.481 e. The highest BCUT2D eigenvalue weighted by molar-refractivity contribution is 5.82. The summed E-state index contributed by atoms with van der Waals surface area (Å²) in [5.41, 5.74) is 1.30. The highest BCUT2D eigenvalue weighted by Gasteiger charge is 2.41. The van der Waals surface area contributed by atoms with Gasteiger partial charge in [-0.25, -0.2) is 19.3 Å². The van der Waals surface area contributed by atoms with Crippen molar-refractivity contribution in [1.82, 2.24) is 24.8 Å². The number of ether oxygens (including phenoxy) is 2. The quantitative estimate of drug-likeness (QED) is 0.427. The van der Waals surface area contributed by atoms with Gasteiger partial charge in [0.25, 0.3) is 0 Å². The maximum absolute atomic E-state index is 13.6. The third-order valence-electron chi connectivity index (χ3n) is 5.63. The molecule has 36 heavy (non-hydrogen) atoms. The number of H-pyrrole nitrogens is 1. The summed E-state index contributed by atoms with van der Waals surface area (Å²) in [6.45, 7) is 2.22. The summed E-state index contributed by atoms with van der Waals surface area (Å²) in [4.78, 5) is 41.3. The van der Waals surface area contributed by atoms with Crippen molar-refractivity contribution in [2.45, 2.75) is 19.6 Å². The molecule has 0 aliphatic carbocycles. The standard InChI is InChI=1S/C24H27FN6O5/c1-24(22(34)31(2)3)12-35-21(36-13-24)20-29-18(14-4-6-15(25)7-5-14)19(30-20)16-8-10-26-23(28-16)27-11-9-17(32)33/h4-8,10,21H,9,11-13H2,1-3H3,(H,29,30)(H,32,33)(H,26,27,28). The van der Waals surface area contributed by atoms with Gasteiger partial charge < -0.3 is 29.8 Å². The number of halogens is 1. The fourth-order valence-electron chi connectivity index (χ4n) is 3.80. The molecule has 2 aromatic heterocycles. The van der Waals surface area contributed by atoms with Gasteiger partial charge in [-0.3, -0.25) is 9.59 Å². The molecular weight excluding hydrogens is 471 g/mol. The van der Waals surface area contributed by atoms with Gasteiger partial charge in [0.05, 0.1) is 42.1 Å². The second kappa shape index (κ2) is 10.4. The van der Waals surface area contributed by atoms with E-state index in [1.54, 1.807) is 39.2 Å². The van der Waals surface area contributed by atoms with E-state index >= 15 is 0 Å². The first-order valence-corrected chi connectivity index (χ1v) is 11.3. The zero-order valence-corrected chi connectivity index (χ0v) is 20.1. The number of aliphatic carboxylic acids is 1. The number of hydrogen-bond donors (Lipinski definition) is 3. The van der Waals surface area contributed by atoms with Crippen LogP contribution in [0, 0.1) is 11.2 Å². The number of anilines is 1. The highest BCUT2D eigenvalue weighted by atomic mass is 19.1. The zero-order valence-electron chi connectivity index (χ0n) is 20.1. The van der Waals surface area contributed by atoms with Crippen molar-refractivity contribution in [3.8, 4) is 22.6 Å². The summed E-state index contributed by atoms with van der Waals surface area (Å²) in [6.07, 6.45) is 0.594. The fourth-order valence-corrected chi connectivity index (χ4v) is 3.80. The Balaban J connectivity index is 1.64. The van der Waals surface area contributed by atoms with Crippen LogP contribution in [0.15, 0.2) is 36.5 Å². The fraction of sp³-hybridized carbons (Fsp3) is 0.375. The van der Waals surface area contributed by atoms with Crippen molar-refractivity contribution in [2.75, 3.05) is 39.2 Å². The van der Waals surface area contributed by atoms with Crippen LogP contribution in [0.3, 0.4) is 0 Å². The Hall–Kier alpha value is -3.90. The number of benzene rings is 1. The lowest BCUT2D eigenvalue weighted by Crippen LogP contribution is -2.48. The summed E-state index contributed by atoms with van der Waals surface area (Å²) >= 11 is 0. The Labute approximate surface area is 206 Å². The molecule has 1 aliphatic heterocycles. The van der Waals surface area contributed by atoms with Crippen molar-refractivity contribution >= 4 is 17.8 Å². The van der Waals surface area contributed by atoms with Gasteiger partial charge in [-0.05, 0) is 37.3 Å². The number of amides is 1. The molecule has 0 unspecified atom stereocenters. The molecule has 0 radical (unpaired) electrons. The topological polar surface area (TPSA) is 143 Å². The van der Waals surface area contributed by atoms with Crippen LogP contribution in [0.2, 0.25) is 0 Å². The number of aromatic amines is 1. The highest BCUT2D eigenvalue weighted by Crippen LogP contribution is 2.36. The molecule has 3 aromatic rings. The third-order valence-corrected chi connectivity index (χ3v) is 5.63. The number of carboxylic acid groups (broad SMARTS) is 1. The number of nitrogens with zero attached hydrogens (tertiary/aromatic N) is 4. The zero-order chi connectivity index (χ0) is 25.9. The number of rotatable bonds is 8. The predicted molar refractivity (Wildman–Crippen MR) is 127 cm³/mol. The number of carbonyl (C=O) groups is 2. The monoisotopic (exact) mass is 498 g/mol. The molecule has 1 amide bonds. The molecule has 0 spiro atoms. The second-order valence-corrected chi connectivity index (χ2v) is 8.90. The Morgan fingerprint density at radius 2 is 1.89 bits per heavy atom. The van der Waals surface area contributed by atoms with E-state index in [0.29, 0.717) is 28.5 Å². The van der Waals surface area contributed by atoms with E-state index in [9.17, 15) is 14.0 Å². The SMILES string of the molecule is CN(C)C(=O)C1(C)COC(c2nc(-c3ccc(F)cc3)c(-c3ccnc(NCCC(=O)O)n3)[nH]2)OC1. The maximum Gasteiger partial charge on any atom is 0.305 e. The molecule has 11 nitrogen and oxygen atoms in total. The molecule has 1 saturated heterocycles. The number of carboxylic acids is 1. The van der Waals surface area contributed by atoms with E-state index in [1.165, 1.54) is 23.2 Å². The molecule has 1 fully saturated rings. The summed E-state index contributed by atoms with van der Waals surface area (Å²) < 4.78 is 25.3. The number of hydrogen-bond acceptors (Lipinski definition) is 8. The van der Waals surface area contributed by atoms with Crippen molar-refractivity contribution in [1.29, 1.82) is 0 Å². The van der Waals surface area contributed by atoms with Gasteiger partial charge in [0.15, 0.2) is 5.82 Å². The first-order chi connectivity index (χ1) is 17.2. The lowest BCUT2D eigenvalue weighted by Gasteiger charge is -2.36. The van der Waals surface area contributed by atoms with Crippen LogP contribution in [0.5, 0.6) is 0 Å². The molecule has 3 N–H and O–H groups in total. The van der Waals surface area contributed by atoms with Crippen LogP contribution in [0.25, 0.3) is 22.6 Å². The molecule has 1 aromatic carbocycles. The van der Waals surface area contributed by atoms with E-state index in [-0.39, 0.29) is 43.9 Å². The molecular formula is C24H27FN6O5. The van der Waals surface area contributed by atoms with Crippen LogP contribution in [0.1, 0.15) is 25.5 Å². The van der Waals surface area contributed by atoms with Crippen molar-refractivity contribution in [2.24, 2.45) is 5.41 Å². The Morgan fingerprint density at radius 3 is 2.53 bits per heavy atom. The Morgan fingerprint density at radius 1 is 1.19 bits per heavy atom. The Bertz CT molecular complexity index is 1240. The summed E-state index contributed by atoms with van der Waals surface area (Å²) in [5, 5.41) is 11.7. The minimum atomic E-state index is -0.939. The predicted octanol–water partition coefficient (Wildman–Crippen LogP) is 2.70. The van der Waals surface area contributed by atoms with Crippen LogP contribution in [0.4, 0.5) is 10.3 Å².